The summed E-state index contributed by atoms with van der Waals surface area (Å²) in [5.74, 6) is 0.690. The third kappa shape index (κ3) is 2.98. The van der Waals surface area contributed by atoms with E-state index in [9.17, 15) is 4.79 Å². The second-order valence-electron chi connectivity index (χ2n) is 5.77. The third-order valence-corrected chi connectivity index (χ3v) is 4.38. The molecular formula is C16H22N2O. The van der Waals surface area contributed by atoms with Crippen LogP contribution < -0.4 is 10.6 Å². The van der Waals surface area contributed by atoms with Gasteiger partial charge in [-0.1, -0.05) is 12.1 Å². The Morgan fingerprint density at radius 1 is 1.11 bits per heavy atom. The quantitative estimate of drug-likeness (QED) is 0.874. The Balaban J connectivity index is 1.62. The number of carbonyl (C=O) groups excluding carboxylic acids is 1. The number of carbonyl (C=O) groups is 1. The Morgan fingerprint density at radius 2 is 1.89 bits per heavy atom. The van der Waals surface area contributed by atoms with Gasteiger partial charge < -0.3 is 10.6 Å². The van der Waals surface area contributed by atoms with Crippen molar-refractivity contribution in [1.29, 1.82) is 0 Å². The van der Waals surface area contributed by atoms with Crippen molar-refractivity contribution in [3.05, 3.63) is 35.4 Å². The Bertz CT molecular complexity index is 431. The largest absolute Gasteiger partial charge is 0.349 e. The number of benzene rings is 1. The lowest BCUT2D eigenvalue weighted by molar-refractivity contribution is 0.0917. The fourth-order valence-electron chi connectivity index (χ4n) is 2.86. The van der Waals surface area contributed by atoms with Crippen LogP contribution in [-0.2, 0) is 0 Å². The van der Waals surface area contributed by atoms with E-state index in [1.54, 1.807) is 0 Å². The van der Waals surface area contributed by atoms with Crippen LogP contribution in [0.3, 0.4) is 0 Å². The first-order chi connectivity index (χ1) is 9.33. The molecule has 1 aromatic rings. The number of hydrogen-bond donors (Lipinski definition) is 2. The van der Waals surface area contributed by atoms with Gasteiger partial charge in [-0.15, -0.1) is 0 Å². The number of hydrogen-bond acceptors (Lipinski definition) is 2. The standard InChI is InChI=1S/C16H22N2O/c19-16(18-15-4-1-5-15)13-8-6-12(7-9-13)14-3-2-10-17-11-14/h6-9,14-15,17H,1-5,10-11H2,(H,18,19)/t14-/m1/s1. The van der Waals surface area contributed by atoms with Crippen LogP contribution in [-0.4, -0.2) is 25.0 Å². The number of amides is 1. The van der Waals surface area contributed by atoms with Crippen molar-refractivity contribution in [3.63, 3.8) is 0 Å². The molecule has 1 saturated heterocycles. The lowest BCUT2D eigenvalue weighted by Gasteiger charge is -2.26. The second-order valence-corrected chi connectivity index (χ2v) is 5.77. The Hall–Kier alpha value is -1.35. The topological polar surface area (TPSA) is 41.1 Å². The van der Waals surface area contributed by atoms with Gasteiger partial charge in [0.2, 0.25) is 0 Å². The van der Waals surface area contributed by atoms with Crippen molar-refractivity contribution in [1.82, 2.24) is 10.6 Å². The molecule has 1 heterocycles. The molecule has 2 N–H and O–H groups in total. The van der Waals surface area contributed by atoms with Crippen LogP contribution in [0.1, 0.15) is 53.9 Å². The molecule has 0 bridgehead atoms. The molecule has 0 unspecified atom stereocenters. The molecule has 1 aliphatic heterocycles. The van der Waals surface area contributed by atoms with Gasteiger partial charge in [0.25, 0.3) is 5.91 Å². The van der Waals surface area contributed by atoms with E-state index in [4.69, 9.17) is 0 Å². The van der Waals surface area contributed by atoms with Crippen molar-refractivity contribution < 1.29 is 4.79 Å². The van der Waals surface area contributed by atoms with Crippen LogP contribution in [0.5, 0.6) is 0 Å². The molecule has 19 heavy (non-hydrogen) atoms. The predicted octanol–water partition coefficient (Wildman–Crippen LogP) is 2.44. The molecule has 1 atom stereocenters. The van der Waals surface area contributed by atoms with Crippen LogP contribution in [0.15, 0.2) is 24.3 Å². The lowest BCUT2D eigenvalue weighted by atomic mass is 9.90. The Morgan fingerprint density at radius 3 is 2.47 bits per heavy atom. The highest BCUT2D eigenvalue weighted by atomic mass is 16.1. The smallest absolute Gasteiger partial charge is 0.251 e. The highest BCUT2D eigenvalue weighted by molar-refractivity contribution is 5.94. The first kappa shape index (κ1) is 12.7. The first-order valence-electron chi connectivity index (χ1n) is 7.44. The summed E-state index contributed by atoms with van der Waals surface area (Å²) in [6.07, 6.45) is 6.02. The Labute approximate surface area is 114 Å². The van der Waals surface area contributed by atoms with E-state index in [1.165, 1.54) is 24.8 Å². The maximum absolute atomic E-state index is 12.0. The van der Waals surface area contributed by atoms with Crippen molar-refractivity contribution in [2.45, 2.75) is 44.1 Å². The van der Waals surface area contributed by atoms with E-state index in [2.05, 4.69) is 22.8 Å². The summed E-state index contributed by atoms with van der Waals surface area (Å²) in [7, 11) is 0. The molecule has 2 aliphatic rings. The SMILES string of the molecule is O=C(NC1CCC1)c1ccc([C@@H]2CCCNC2)cc1. The fourth-order valence-corrected chi connectivity index (χ4v) is 2.86. The number of piperidine rings is 1. The highest BCUT2D eigenvalue weighted by Gasteiger charge is 2.20. The fraction of sp³-hybridized carbons (Fsp3) is 0.562. The van der Waals surface area contributed by atoms with E-state index >= 15 is 0 Å². The summed E-state index contributed by atoms with van der Waals surface area (Å²) < 4.78 is 0. The molecular weight excluding hydrogens is 236 g/mol. The molecule has 1 amide bonds. The minimum atomic E-state index is 0.0815. The molecule has 102 valence electrons. The third-order valence-electron chi connectivity index (χ3n) is 4.38. The molecule has 0 radical (unpaired) electrons. The van der Waals surface area contributed by atoms with Gasteiger partial charge in [-0.2, -0.15) is 0 Å². The van der Waals surface area contributed by atoms with E-state index in [0.717, 1.165) is 31.5 Å². The predicted molar refractivity (Wildman–Crippen MR) is 76.4 cm³/mol. The minimum Gasteiger partial charge on any atom is -0.349 e. The maximum Gasteiger partial charge on any atom is 0.251 e. The van der Waals surface area contributed by atoms with Gasteiger partial charge in [0.05, 0.1) is 0 Å². The summed E-state index contributed by atoms with van der Waals surface area (Å²) in [6, 6.07) is 8.59. The normalized spacial score (nSPS) is 23.7. The average molecular weight is 258 g/mol. The van der Waals surface area contributed by atoms with Gasteiger partial charge in [0.1, 0.15) is 0 Å². The number of rotatable bonds is 3. The summed E-state index contributed by atoms with van der Waals surface area (Å²) in [5.41, 5.74) is 2.15. The van der Waals surface area contributed by atoms with E-state index in [-0.39, 0.29) is 5.91 Å². The van der Waals surface area contributed by atoms with Crippen LogP contribution in [0.2, 0.25) is 0 Å². The maximum atomic E-state index is 12.0. The van der Waals surface area contributed by atoms with Gasteiger partial charge in [-0.05, 0) is 62.3 Å². The zero-order chi connectivity index (χ0) is 13.1. The van der Waals surface area contributed by atoms with Gasteiger partial charge in [0, 0.05) is 18.2 Å². The van der Waals surface area contributed by atoms with Crippen LogP contribution in [0.25, 0.3) is 0 Å². The van der Waals surface area contributed by atoms with Crippen LogP contribution >= 0.6 is 0 Å². The van der Waals surface area contributed by atoms with Crippen molar-refractivity contribution in [2.75, 3.05) is 13.1 Å². The second kappa shape index (κ2) is 5.74. The molecule has 0 aromatic heterocycles. The van der Waals surface area contributed by atoms with Gasteiger partial charge in [0.15, 0.2) is 0 Å². The van der Waals surface area contributed by atoms with E-state index in [1.807, 2.05) is 12.1 Å². The summed E-state index contributed by atoms with van der Waals surface area (Å²) in [5, 5.41) is 6.51. The monoisotopic (exact) mass is 258 g/mol. The zero-order valence-corrected chi connectivity index (χ0v) is 11.3. The molecule has 3 heteroatoms. The van der Waals surface area contributed by atoms with Crippen molar-refractivity contribution in [2.24, 2.45) is 0 Å². The van der Waals surface area contributed by atoms with Crippen LogP contribution in [0, 0.1) is 0 Å². The summed E-state index contributed by atoms with van der Waals surface area (Å²) in [4.78, 5) is 12.0. The van der Waals surface area contributed by atoms with Gasteiger partial charge in [-0.3, -0.25) is 4.79 Å². The van der Waals surface area contributed by atoms with Crippen LogP contribution in [0.4, 0.5) is 0 Å². The van der Waals surface area contributed by atoms with Gasteiger partial charge >= 0.3 is 0 Å². The molecule has 1 aliphatic carbocycles. The average Bonchev–Trinajstić information content (AvgIpc) is 2.44. The first-order valence-corrected chi connectivity index (χ1v) is 7.44. The zero-order valence-electron chi connectivity index (χ0n) is 11.3. The molecule has 3 rings (SSSR count). The Kier molecular flexibility index (Phi) is 3.83. The number of nitrogens with one attached hydrogen (secondary N) is 2. The van der Waals surface area contributed by atoms with E-state index < -0.39 is 0 Å². The van der Waals surface area contributed by atoms with Gasteiger partial charge in [-0.25, -0.2) is 0 Å². The molecule has 1 saturated carbocycles. The minimum absolute atomic E-state index is 0.0815. The summed E-state index contributed by atoms with van der Waals surface area (Å²) in [6.45, 7) is 2.20. The molecule has 2 fully saturated rings. The molecule has 0 spiro atoms. The molecule has 3 nitrogen and oxygen atoms in total. The molecule has 1 aromatic carbocycles. The summed E-state index contributed by atoms with van der Waals surface area (Å²) >= 11 is 0. The van der Waals surface area contributed by atoms with E-state index in [0.29, 0.717) is 12.0 Å². The van der Waals surface area contributed by atoms with Crippen molar-refractivity contribution >= 4 is 5.91 Å². The lowest BCUT2D eigenvalue weighted by Crippen LogP contribution is -2.39. The highest BCUT2D eigenvalue weighted by Crippen LogP contribution is 2.23. The van der Waals surface area contributed by atoms with Crippen molar-refractivity contribution in [3.8, 4) is 0 Å².